The molecule has 0 bridgehead atoms. The number of carbonyl (C=O) groups is 4. The van der Waals surface area contributed by atoms with Crippen molar-refractivity contribution in [2.24, 2.45) is 0 Å². The van der Waals surface area contributed by atoms with E-state index in [9.17, 15) is 24.3 Å². The maximum absolute atomic E-state index is 12.9. The van der Waals surface area contributed by atoms with Crippen molar-refractivity contribution in [2.45, 2.75) is 90.2 Å². The molecule has 0 aliphatic rings. The largest absolute Gasteiger partial charge is 0.481 e. The van der Waals surface area contributed by atoms with Crippen molar-refractivity contribution >= 4 is 46.2 Å². The average molecular weight is 789 g/mol. The Morgan fingerprint density at radius 2 is 1.09 bits per heavy atom. The van der Waals surface area contributed by atoms with E-state index < -0.39 is 35.8 Å². The van der Waals surface area contributed by atoms with Gasteiger partial charge in [-0.15, -0.1) is 0 Å². The topological polar surface area (TPSA) is 198 Å². The number of amides is 2. The normalized spacial score (nSPS) is 12.5. The molecule has 0 unspecified atom stereocenters. The van der Waals surface area contributed by atoms with Gasteiger partial charge in [-0.1, -0.05) is 72.8 Å². The van der Waals surface area contributed by atoms with E-state index in [1.165, 1.54) is 0 Å². The van der Waals surface area contributed by atoms with E-state index >= 15 is 0 Å². The lowest BCUT2D eigenvalue weighted by Gasteiger charge is -2.21. The molecule has 14 heteroatoms. The number of aromatic amines is 2. The van der Waals surface area contributed by atoms with E-state index in [1.54, 1.807) is 20.8 Å². The molecule has 2 aromatic heterocycles. The number of ether oxygens (including phenoxy) is 3. The van der Waals surface area contributed by atoms with Gasteiger partial charge in [0.05, 0.1) is 34.2 Å². The number of carboxylic acid groups (broad SMARTS) is 1. The molecule has 0 aliphatic carbocycles. The second-order valence-corrected chi connectivity index (χ2v) is 15.0. The van der Waals surface area contributed by atoms with Gasteiger partial charge in [0.1, 0.15) is 30.5 Å². The number of nitrogens with zero attached hydrogens (tertiary/aromatic N) is 2. The van der Waals surface area contributed by atoms with Gasteiger partial charge >= 0.3 is 24.1 Å². The number of hydrogen-bond acceptors (Lipinski definition) is 9. The average Bonchev–Trinajstić information content (AvgIpc) is 3.83. The zero-order valence-electron chi connectivity index (χ0n) is 32.7. The van der Waals surface area contributed by atoms with Crippen LogP contribution < -0.4 is 10.6 Å². The fourth-order valence-electron chi connectivity index (χ4n) is 6.37. The highest BCUT2D eigenvalue weighted by Gasteiger charge is 2.24. The van der Waals surface area contributed by atoms with Crippen molar-refractivity contribution in [1.82, 2.24) is 30.6 Å². The van der Waals surface area contributed by atoms with E-state index in [4.69, 9.17) is 19.2 Å². The van der Waals surface area contributed by atoms with Gasteiger partial charge in [-0.25, -0.2) is 19.6 Å². The molecule has 2 heterocycles. The van der Waals surface area contributed by atoms with E-state index in [0.717, 1.165) is 33.3 Å². The fourth-order valence-corrected chi connectivity index (χ4v) is 6.37. The number of imidazole rings is 2. The standard InChI is InChI=1S/C44H48N6O8/c1-44(2,3)58-39(53)23-21-35(50-43(55)57-27-31-12-8-5-9-13-31)41-46-33-19-17-29(25-37(33)48-41)15-14-28-16-18-32-36(24-28)47-40(45-32)34(20-22-38(51)52)49-42(54)56-26-30-10-6-4-7-11-30/h4-13,16-19,24-25,34-35H,14-15,20-23,26-27H2,1-3H3,(H,45,47)(H,46,48)(H,49,54)(H,50,55)(H,51,52)/t34-,35-/m0/s1. The molecule has 6 aromatic rings. The molecule has 5 N–H and O–H groups in total. The molecule has 0 saturated carbocycles. The Morgan fingerprint density at radius 3 is 1.52 bits per heavy atom. The Balaban J connectivity index is 1.11. The van der Waals surface area contributed by atoms with Crippen molar-refractivity contribution < 1.29 is 38.5 Å². The number of carbonyl (C=O) groups excluding carboxylic acids is 3. The summed E-state index contributed by atoms with van der Waals surface area (Å²) in [6, 6.07) is 29.1. The summed E-state index contributed by atoms with van der Waals surface area (Å²) >= 11 is 0. The van der Waals surface area contributed by atoms with Crippen LogP contribution in [0.25, 0.3) is 22.1 Å². The van der Waals surface area contributed by atoms with Gasteiger partial charge < -0.3 is 39.9 Å². The lowest BCUT2D eigenvalue weighted by molar-refractivity contribution is -0.155. The third-order valence-corrected chi connectivity index (χ3v) is 9.21. The molecule has 0 radical (unpaired) electrons. The van der Waals surface area contributed by atoms with Crippen molar-refractivity contribution in [3.63, 3.8) is 0 Å². The minimum Gasteiger partial charge on any atom is -0.481 e. The molecular weight excluding hydrogens is 741 g/mol. The molecule has 6 rings (SSSR count). The predicted octanol–water partition coefficient (Wildman–Crippen LogP) is 8.15. The summed E-state index contributed by atoms with van der Waals surface area (Å²) in [6.07, 6.45) is 0.373. The van der Waals surface area contributed by atoms with Gasteiger partial charge in [0.15, 0.2) is 0 Å². The highest BCUT2D eigenvalue weighted by Crippen LogP contribution is 2.25. The number of carboxylic acids is 1. The highest BCUT2D eigenvalue weighted by molar-refractivity contribution is 5.78. The summed E-state index contributed by atoms with van der Waals surface area (Å²) in [7, 11) is 0. The first-order chi connectivity index (χ1) is 27.9. The third-order valence-electron chi connectivity index (χ3n) is 9.21. The van der Waals surface area contributed by atoms with Crippen LogP contribution in [0, 0.1) is 0 Å². The van der Waals surface area contributed by atoms with Gasteiger partial charge in [0.25, 0.3) is 0 Å². The van der Waals surface area contributed by atoms with E-state index in [-0.39, 0.29) is 44.9 Å². The molecule has 2 amide bonds. The van der Waals surface area contributed by atoms with Crippen LogP contribution in [-0.4, -0.2) is 54.8 Å². The minimum atomic E-state index is -0.985. The van der Waals surface area contributed by atoms with Gasteiger partial charge in [-0.2, -0.15) is 0 Å². The SMILES string of the molecule is CC(C)(C)OC(=O)CC[C@H](NC(=O)OCc1ccccc1)c1nc2ccc(CCc3ccc4nc([C@H](CCC(=O)O)NC(=O)OCc5ccccc5)[nH]c4c3)cc2[nH]1. The smallest absolute Gasteiger partial charge is 0.408 e. The van der Waals surface area contributed by atoms with Crippen LogP contribution in [0.5, 0.6) is 0 Å². The Morgan fingerprint density at radius 1 is 0.638 bits per heavy atom. The molecular formula is C44H48N6O8. The molecule has 4 aromatic carbocycles. The van der Waals surface area contributed by atoms with Gasteiger partial charge in [0.2, 0.25) is 0 Å². The van der Waals surface area contributed by atoms with Crippen LogP contribution in [0.15, 0.2) is 97.1 Å². The first-order valence-electron chi connectivity index (χ1n) is 19.2. The van der Waals surface area contributed by atoms with Crippen LogP contribution in [0.1, 0.15) is 92.4 Å². The van der Waals surface area contributed by atoms with Gasteiger partial charge in [-0.3, -0.25) is 9.59 Å². The second-order valence-electron chi connectivity index (χ2n) is 15.0. The molecule has 302 valence electrons. The molecule has 0 saturated heterocycles. The van der Waals surface area contributed by atoms with Crippen LogP contribution in [0.4, 0.5) is 9.59 Å². The predicted molar refractivity (Wildman–Crippen MR) is 217 cm³/mol. The van der Waals surface area contributed by atoms with Crippen LogP contribution in [-0.2, 0) is 49.9 Å². The van der Waals surface area contributed by atoms with Gasteiger partial charge in [-0.05, 0) is 93.0 Å². The van der Waals surface area contributed by atoms with E-state index in [2.05, 4.69) is 25.6 Å². The maximum atomic E-state index is 12.9. The highest BCUT2D eigenvalue weighted by atomic mass is 16.6. The Hall–Kier alpha value is -6.70. The zero-order chi connectivity index (χ0) is 41.1. The van der Waals surface area contributed by atoms with Crippen molar-refractivity contribution in [3.05, 3.63) is 131 Å². The molecule has 0 spiro atoms. The first-order valence-corrected chi connectivity index (χ1v) is 19.2. The number of alkyl carbamates (subject to hydrolysis) is 2. The molecule has 58 heavy (non-hydrogen) atoms. The summed E-state index contributed by atoms with van der Waals surface area (Å²) in [6.45, 7) is 5.59. The summed E-state index contributed by atoms with van der Waals surface area (Å²) < 4.78 is 16.4. The molecule has 0 fully saturated rings. The van der Waals surface area contributed by atoms with Crippen LogP contribution in [0.2, 0.25) is 0 Å². The van der Waals surface area contributed by atoms with Crippen molar-refractivity contribution in [3.8, 4) is 0 Å². The Bertz CT molecular complexity index is 2330. The minimum absolute atomic E-state index is 0.0617. The number of aliphatic carboxylic acids is 1. The number of benzene rings is 4. The Kier molecular flexibility index (Phi) is 13.4. The fraction of sp³-hybridized carbons (Fsp3) is 0.318. The molecule has 14 nitrogen and oxygen atoms in total. The van der Waals surface area contributed by atoms with Gasteiger partial charge in [0, 0.05) is 12.8 Å². The number of rotatable bonds is 17. The first kappa shape index (κ1) is 40.9. The second kappa shape index (κ2) is 19.0. The number of fused-ring (bicyclic) bond motifs is 2. The van der Waals surface area contributed by atoms with Crippen molar-refractivity contribution in [2.75, 3.05) is 0 Å². The number of aryl methyl sites for hydroxylation is 2. The zero-order valence-corrected chi connectivity index (χ0v) is 32.7. The third kappa shape index (κ3) is 12.1. The number of aromatic nitrogens is 4. The maximum Gasteiger partial charge on any atom is 0.408 e. The van der Waals surface area contributed by atoms with Crippen LogP contribution >= 0.6 is 0 Å². The number of nitrogens with one attached hydrogen (secondary N) is 4. The van der Waals surface area contributed by atoms with E-state index in [1.807, 2.05) is 97.1 Å². The number of hydrogen-bond donors (Lipinski definition) is 5. The summed E-state index contributed by atoms with van der Waals surface area (Å²) in [5.74, 6) is -0.433. The summed E-state index contributed by atoms with van der Waals surface area (Å²) in [4.78, 5) is 65.7. The molecule has 2 atom stereocenters. The summed E-state index contributed by atoms with van der Waals surface area (Å²) in [5.41, 5.74) is 6.08. The number of H-pyrrole nitrogens is 2. The number of esters is 1. The summed E-state index contributed by atoms with van der Waals surface area (Å²) in [5, 5.41) is 15.0. The lowest BCUT2D eigenvalue weighted by Crippen LogP contribution is -2.31. The quantitative estimate of drug-likeness (QED) is 0.0444. The molecule has 0 aliphatic heterocycles. The van der Waals surface area contributed by atoms with Crippen LogP contribution in [0.3, 0.4) is 0 Å². The lowest BCUT2D eigenvalue weighted by atomic mass is 10.0. The van der Waals surface area contributed by atoms with E-state index in [0.29, 0.717) is 35.5 Å². The monoisotopic (exact) mass is 788 g/mol. The Labute approximate surface area is 335 Å². The van der Waals surface area contributed by atoms with Crippen molar-refractivity contribution in [1.29, 1.82) is 0 Å².